The lowest BCUT2D eigenvalue weighted by Gasteiger charge is -2.08. The van der Waals surface area contributed by atoms with Crippen molar-refractivity contribution in [2.24, 2.45) is 0 Å². The van der Waals surface area contributed by atoms with Crippen molar-refractivity contribution in [1.82, 2.24) is 5.32 Å². The van der Waals surface area contributed by atoms with E-state index in [-0.39, 0.29) is 18.0 Å². The Balaban J connectivity index is 3.12. The zero-order chi connectivity index (χ0) is 15.1. The zero-order valence-electron chi connectivity index (χ0n) is 11.5. The van der Waals surface area contributed by atoms with Crippen molar-refractivity contribution in [1.29, 1.82) is 0 Å². The molecule has 1 aromatic carbocycles. The van der Waals surface area contributed by atoms with Crippen molar-refractivity contribution in [3.63, 3.8) is 0 Å². The second-order valence-electron chi connectivity index (χ2n) is 3.83. The van der Waals surface area contributed by atoms with Crippen LogP contribution in [0, 0.1) is 0 Å². The Morgan fingerprint density at radius 2 is 2.05 bits per heavy atom. The molecule has 20 heavy (non-hydrogen) atoms. The molecule has 0 aliphatic rings. The molecular weight excluding hydrogens is 262 g/mol. The molecule has 1 aromatic rings. The number of hydrogen-bond donors (Lipinski definition) is 1. The molecule has 0 aliphatic carbocycles. The van der Waals surface area contributed by atoms with E-state index in [4.69, 9.17) is 10.3 Å². The molecule has 0 bridgehead atoms. The second-order valence-corrected chi connectivity index (χ2v) is 3.83. The Morgan fingerprint density at radius 1 is 1.35 bits per heavy atom. The molecule has 0 spiro atoms. The lowest BCUT2D eigenvalue weighted by molar-refractivity contribution is -0.137. The highest BCUT2D eigenvalue weighted by molar-refractivity contribution is 6.34. The molecule has 0 unspecified atom stereocenters. The van der Waals surface area contributed by atoms with E-state index in [9.17, 15) is 9.59 Å². The summed E-state index contributed by atoms with van der Waals surface area (Å²) in [6, 6.07) is 4.83. The molecule has 0 saturated carbocycles. The van der Waals surface area contributed by atoms with Gasteiger partial charge < -0.3 is 20.3 Å². The molecular formula is C13H15N3O4. The van der Waals surface area contributed by atoms with Crippen LogP contribution in [0.5, 0.6) is 5.75 Å². The molecule has 0 atom stereocenters. The number of carbonyl (C=O) groups excluding carboxylic acids is 2. The fourth-order valence-electron chi connectivity index (χ4n) is 1.64. The molecule has 0 aliphatic heterocycles. The van der Waals surface area contributed by atoms with Crippen LogP contribution in [0.2, 0.25) is 0 Å². The SMILES string of the molecule is CNC(=O)c1cc(CC(=[N+]=[N-])C(=O)OC)ccc1OC. The number of ether oxygens (including phenoxy) is 2. The van der Waals surface area contributed by atoms with E-state index in [2.05, 4.69) is 14.8 Å². The number of hydrogen-bond acceptors (Lipinski definition) is 4. The van der Waals surface area contributed by atoms with E-state index in [1.165, 1.54) is 21.3 Å². The molecule has 1 amide bonds. The summed E-state index contributed by atoms with van der Waals surface area (Å²) in [4.78, 5) is 26.0. The van der Waals surface area contributed by atoms with Gasteiger partial charge in [0.1, 0.15) is 5.75 Å². The Hall–Kier alpha value is -2.66. The molecule has 1 N–H and O–H groups in total. The molecule has 0 saturated heterocycles. The quantitative estimate of drug-likeness (QED) is 0.365. The predicted octanol–water partition coefficient (Wildman–Crippen LogP) is 0.441. The van der Waals surface area contributed by atoms with Gasteiger partial charge in [-0.2, -0.15) is 4.79 Å². The lowest BCUT2D eigenvalue weighted by atomic mass is 10.0. The van der Waals surface area contributed by atoms with Crippen molar-refractivity contribution < 1.29 is 23.9 Å². The summed E-state index contributed by atoms with van der Waals surface area (Å²) in [7, 11) is 4.15. The highest BCUT2D eigenvalue weighted by Gasteiger charge is 2.22. The summed E-state index contributed by atoms with van der Waals surface area (Å²) in [5, 5.41) is 2.49. The summed E-state index contributed by atoms with van der Waals surface area (Å²) >= 11 is 0. The maximum absolute atomic E-state index is 11.7. The minimum atomic E-state index is -0.732. The van der Waals surface area contributed by atoms with Crippen LogP contribution in [0.25, 0.3) is 5.53 Å². The molecule has 0 fully saturated rings. The zero-order valence-corrected chi connectivity index (χ0v) is 11.5. The van der Waals surface area contributed by atoms with E-state index < -0.39 is 5.97 Å². The van der Waals surface area contributed by atoms with E-state index in [1.807, 2.05) is 0 Å². The summed E-state index contributed by atoms with van der Waals surface area (Å²) in [6.07, 6.45) is 0.0389. The topological polar surface area (TPSA) is 101 Å². The third-order valence-electron chi connectivity index (χ3n) is 2.65. The van der Waals surface area contributed by atoms with Crippen LogP contribution in [0.1, 0.15) is 15.9 Å². The number of amides is 1. The fourth-order valence-corrected chi connectivity index (χ4v) is 1.64. The number of methoxy groups -OCH3 is 2. The van der Waals surface area contributed by atoms with Crippen molar-refractivity contribution >= 4 is 17.6 Å². The summed E-state index contributed by atoms with van der Waals surface area (Å²) in [5.41, 5.74) is 9.59. The van der Waals surface area contributed by atoms with Crippen molar-refractivity contribution in [2.45, 2.75) is 6.42 Å². The number of rotatable bonds is 5. The Labute approximate surface area is 116 Å². The molecule has 0 heterocycles. The van der Waals surface area contributed by atoms with Gasteiger partial charge in [0.15, 0.2) is 0 Å². The van der Waals surface area contributed by atoms with Gasteiger partial charge in [0.2, 0.25) is 0 Å². The Morgan fingerprint density at radius 3 is 2.55 bits per heavy atom. The van der Waals surface area contributed by atoms with Crippen LogP contribution < -0.4 is 10.1 Å². The summed E-state index contributed by atoms with van der Waals surface area (Å²) in [5.74, 6) is -0.636. The number of nitrogens with zero attached hydrogens (tertiary/aromatic N) is 2. The normalized spacial score (nSPS) is 9.35. The van der Waals surface area contributed by atoms with E-state index in [1.54, 1.807) is 18.2 Å². The first kappa shape index (κ1) is 15.4. The highest BCUT2D eigenvalue weighted by Crippen LogP contribution is 2.20. The van der Waals surface area contributed by atoms with Gasteiger partial charge >= 0.3 is 11.7 Å². The summed E-state index contributed by atoms with van der Waals surface area (Å²) < 4.78 is 9.58. The Kier molecular flexibility index (Phi) is 5.43. The molecule has 7 nitrogen and oxygen atoms in total. The summed E-state index contributed by atoms with van der Waals surface area (Å²) in [6.45, 7) is 0. The lowest BCUT2D eigenvalue weighted by Crippen LogP contribution is -2.21. The maximum atomic E-state index is 11.7. The fraction of sp³-hybridized carbons (Fsp3) is 0.308. The van der Waals surface area contributed by atoms with Gasteiger partial charge in [-0.05, 0) is 17.7 Å². The van der Waals surface area contributed by atoms with Gasteiger partial charge in [0.05, 0.1) is 26.2 Å². The molecule has 7 heteroatoms. The first-order valence-corrected chi connectivity index (χ1v) is 5.75. The third-order valence-corrected chi connectivity index (χ3v) is 2.65. The monoisotopic (exact) mass is 277 g/mol. The van der Waals surface area contributed by atoms with Gasteiger partial charge in [-0.1, -0.05) is 6.07 Å². The van der Waals surface area contributed by atoms with Crippen LogP contribution >= 0.6 is 0 Å². The van der Waals surface area contributed by atoms with Crippen molar-refractivity contribution in [3.8, 4) is 5.75 Å². The van der Waals surface area contributed by atoms with Crippen LogP contribution in [0.3, 0.4) is 0 Å². The molecule has 106 valence electrons. The second kappa shape index (κ2) is 7.06. The smallest absolute Gasteiger partial charge is 0.416 e. The average Bonchev–Trinajstić information content (AvgIpc) is 2.50. The first-order chi connectivity index (χ1) is 9.57. The largest absolute Gasteiger partial charge is 0.496 e. The van der Waals surface area contributed by atoms with E-state index in [0.29, 0.717) is 16.9 Å². The van der Waals surface area contributed by atoms with E-state index in [0.717, 1.165) is 0 Å². The maximum Gasteiger partial charge on any atom is 0.416 e. The van der Waals surface area contributed by atoms with Gasteiger partial charge in [-0.25, -0.2) is 4.79 Å². The van der Waals surface area contributed by atoms with Crippen LogP contribution in [0.15, 0.2) is 18.2 Å². The van der Waals surface area contributed by atoms with Gasteiger partial charge in [0.25, 0.3) is 5.91 Å². The van der Waals surface area contributed by atoms with Gasteiger partial charge in [0, 0.05) is 7.05 Å². The minimum Gasteiger partial charge on any atom is -0.496 e. The van der Waals surface area contributed by atoms with Crippen molar-refractivity contribution in [3.05, 3.63) is 34.9 Å². The third kappa shape index (κ3) is 3.43. The molecule has 0 radical (unpaired) electrons. The highest BCUT2D eigenvalue weighted by atomic mass is 16.5. The van der Waals surface area contributed by atoms with E-state index >= 15 is 0 Å². The van der Waals surface area contributed by atoms with Crippen molar-refractivity contribution in [2.75, 3.05) is 21.3 Å². The molecule has 1 rings (SSSR count). The minimum absolute atomic E-state index is 0.0389. The average molecular weight is 277 g/mol. The van der Waals surface area contributed by atoms with Crippen LogP contribution in [0.4, 0.5) is 0 Å². The number of esters is 1. The number of nitrogens with one attached hydrogen (secondary N) is 1. The number of carbonyl (C=O) groups is 2. The molecule has 0 aromatic heterocycles. The Bertz CT molecular complexity index is 577. The van der Waals surface area contributed by atoms with Crippen LogP contribution in [-0.2, 0) is 16.0 Å². The standard InChI is InChI=1S/C13H15N3O4/c1-15-12(17)9-6-8(4-5-11(9)19-2)7-10(16-14)13(18)20-3/h4-6H,7H2,1-3H3,(H,15,17). The van der Waals surface area contributed by atoms with Gasteiger partial charge in [-0.3, -0.25) is 4.79 Å². The first-order valence-electron chi connectivity index (χ1n) is 5.75. The number of benzene rings is 1. The van der Waals surface area contributed by atoms with Crippen LogP contribution in [-0.4, -0.2) is 43.6 Å². The van der Waals surface area contributed by atoms with Gasteiger partial charge in [-0.15, -0.1) is 0 Å². The predicted molar refractivity (Wildman–Crippen MR) is 70.7 cm³/mol.